The van der Waals surface area contributed by atoms with Gasteiger partial charge in [-0.2, -0.15) is 0 Å². The van der Waals surface area contributed by atoms with Crippen molar-refractivity contribution in [3.8, 4) is 0 Å². The minimum absolute atomic E-state index is 0.0103. The van der Waals surface area contributed by atoms with E-state index in [2.05, 4.69) is 33.5 Å². The fourth-order valence-corrected chi connectivity index (χ4v) is 10.0. The van der Waals surface area contributed by atoms with Crippen molar-refractivity contribution in [1.29, 1.82) is 0 Å². The molecule has 0 saturated carbocycles. The number of amides is 3. The second-order valence-corrected chi connectivity index (χ2v) is 13.3. The average Bonchev–Trinajstić information content (AvgIpc) is 3.44. The monoisotopic (exact) mass is 579 g/mol. The molecule has 198 valence electrons. The molecule has 4 unspecified atom stereocenters. The highest BCUT2D eigenvalue weighted by Crippen LogP contribution is 2.68. The first-order chi connectivity index (χ1) is 17.2. The van der Waals surface area contributed by atoms with E-state index >= 15 is 0 Å². The molecule has 3 heterocycles. The summed E-state index contributed by atoms with van der Waals surface area (Å²) in [7, 11) is 0. The Kier molecular flexibility index (Phi) is 8.42. The highest BCUT2D eigenvalue weighted by atomic mass is 79.9. The zero-order valence-electron chi connectivity index (χ0n) is 21.4. The molecule has 9 heteroatoms. The summed E-state index contributed by atoms with van der Waals surface area (Å²) in [5, 5.41) is 16.5. The molecule has 3 saturated heterocycles. The van der Waals surface area contributed by atoms with Crippen LogP contribution in [0.15, 0.2) is 30.3 Å². The molecule has 0 aliphatic carbocycles. The quantitative estimate of drug-likeness (QED) is 0.366. The summed E-state index contributed by atoms with van der Waals surface area (Å²) in [6, 6.07) is 8.04. The van der Waals surface area contributed by atoms with E-state index in [0.29, 0.717) is 12.1 Å². The van der Waals surface area contributed by atoms with Gasteiger partial charge in [-0.3, -0.25) is 14.4 Å². The number of aliphatic hydroxyl groups excluding tert-OH is 1. The average molecular weight is 581 g/mol. The molecule has 36 heavy (non-hydrogen) atoms. The number of rotatable bonds is 10. The molecule has 2 bridgehead atoms. The van der Waals surface area contributed by atoms with Gasteiger partial charge in [0.2, 0.25) is 17.7 Å². The van der Waals surface area contributed by atoms with Crippen LogP contribution in [0, 0.1) is 17.8 Å². The van der Waals surface area contributed by atoms with Crippen LogP contribution in [0.3, 0.4) is 0 Å². The summed E-state index contributed by atoms with van der Waals surface area (Å²) in [6.45, 7) is 7.87. The molecule has 9 atom stereocenters. The fourth-order valence-electron chi connectivity index (χ4n) is 6.41. The molecule has 3 N–H and O–H groups in total. The molecule has 3 fully saturated rings. The smallest absolute Gasteiger partial charge is 0.244 e. The van der Waals surface area contributed by atoms with Crippen LogP contribution in [0.4, 0.5) is 5.69 Å². The van der Waals surface area contributed by atoms with Crippen LogP contribution in [0.25, 0.3) is 0 Å². The number of halogens is 1. The van der Waals surface area contributed by atoms with Crippen molar-refractivity contribution < 1.29 is 19.5 Å². The van der Waals surface area contributed by atoms with E-state index in [4.69, 9.17) is 0 Å². The van der Waals surface area contributed by atoms with Crippen LogP contribution in [0.1, 0.15) is 53.4 Å². The Morgan fingerprint density at radius 2 is 1.92 bits per heavy atom. The Hall–Kier alpha value is -1.58. The number of aliphatic hydroxyl groups is 1. The predicted octanol–water partition coefficient (Wildman–Crippen LogP) is 3.80. The summed E-state index contributed by atoms with van der Waals surface area (Å²) in [4.78, 5) is 43.4. The van der Waals surface area contributed by atoms with Gasteiger partial charge in [0.25, 0.3) is 0 Å². The second kappa shape index (κ2) is 11.0. The van der Waals surface area contributed by atoms with Gasteiger partial charge in [-0.25, -0.2) is 0 Å². The minimum Gasteiger partial charge on any atom is -0.394 e. The number of nitrogens with one attached hydrogen (secondary N) is 2. The molecule has 3 amide bonds. The molecule has 3 aliphatic rings. The molecular weight excluding hydrogens is 542 g/mol. The number of nitrogens with zero attached hydrogens (tertiary/aromatic N) is 1. The van der Waals surface area contributed by atoms with Gasteiger partial charge in [-0.15, -0.1) is 11.8 Å². The third-order valence-corrected chi connectivity index (χ3v) is 11.5. The fraction of sp³-hybridized carbons (Fsp3) is 0.667. The standard InChI is InChI=1S/C27H38BrN3O4S/c1-5-10-16(4)29-25(34)23-27-13-18(28)22(36-27)20(24(33)30-17-11-8-7-9-12-17)21(27)26(35)31(23)19(14-32)15(3)6-2/h7-9,11-12,15-16,18-23,32H,5-6,10,13-14H2,1-4H3,(H,29,34)(H,30,33)/t15-,16?,18?,19-,20+,21-,22+,23?,27?/m0/s1. The van der Waals surface area contributed by atoms with E-state index in [1.165, 1.54) is 0 Å². The van der Waals surface area contributed by atoms with Gasteiger partial charge < -0.3 is 20.6 Å². The Labute approximate surface area is 226 Å². The van der Waals surface area contributed by atoms with Crippen LogP contribution in [-0.4, -0.2) is 67.3 Å². The van der Waals surface area contributed by atoms with Crippen molar-refractivity contribution in [2.75, 3.05) is 11.9 Å². The lowest BCUT2D eigenvalue weighted by atomic mass is 9.70. The number of carbonyl (C=O) groups excluding carboxylic acids is 3. The molecule has 4 rings (SSSR count). The number of alkyl halides is 1. The number of likely N-dealkylation sites (tertiary alicyclic amines) is 1. The number of hydrogen-bond acceptors (Lipinski definition) is 5. The highest BCUT2D eigenvalue weighted by molar-refractivity contribution is 9.09. The Morgan fingerprint density at radius 3 is 2.53 bits per heavy atom. The summed E-state index contributed by atoms with van der Waals surface area (Å²) >= 11 is 5.42. The van der Waals surface area contributed by atoms with Gasteiger partial charge in [0, 0.05) is 21.8 Å². The second-order valence-electron chi connectivity index (χ2n) is 10.6. The minimum atomic E-state index is -0.731. The first-order valence-corrected chi connectivity index (χ1v) is 14.9. The van der Waals surface area contributed by atoms with E-state index in [0.717, 1.165) is 19.3 Å². The molecule has 0 aromatic heterocycles. The third-order valence-electron chi connectivity index (χ3n) is 8.27. The molecule has 1 spiro atoms. The topological polar surface area (TPSA) is 98.7 Å². The Bertz CT molecular complexity index is 981. The third kappa shape index (κ3) is 4.60. The van der Waals surface area contributed by atoms with Gasteiger partial charge >= 0.3 is 0 Å². The number of thioether (sulfide) groups is 1. The van der Waals surface area contributed by atoms with Crippen LogP contribution in [0.5, 0.6) is 0 Å². The summed E-state index contributed by atoms with van der Waals surface area (Å²) in [5.41, 5.74) is 0.688. The SMILES string of the molecule is CCCC(C)NC(=O)C1N([C@@H](CO)[C@@H](C)CC)C(=O)[C@@H]2[C@@H](C(=O)Nc3ccccc3)[C@@H]3SC12CC3Br. The molecule has 3 aliphatic heterocycles. The first kappa shape index (κ1) is 27.5. The summed E-state index contributed by atoms with van der Waals surface area (Å²) < 4.78 is -0.717. The van der Waals surface area contributed by atoms with Crippen LogP contribution in [-0.2, 0) is 14.4 Å². The number of para-hydroxylation sites is 1. The largest absolute Gasteiger partial charge is 0.394 e. The van der Waals surface area contributed by atoms with E-state index < -0.39 is 28.7 Å². The van der Waals surface area contributed by atoms with Crippen molar-refractivity contribution in [3.63, 3.8) is 0 Å². The highest BCUT2D eigenvalue weighted by Gasteiger charge is 2.76. The number of carbonyl (C=O) groups is 3. The van der Waals surface area contributed by atoms with Crippen molar-refractivity contribution in [3.05, 3.63) is 30.3 Å². The Balaban J connectivity index is 1.74. The van der Waals surface area contributed by atoms with Gasteiger partial charge in [0.05, 0.1) is 29.2 Å². The zero-order chi connectivity index (χ0) is 26.2. The van der Waals surface area contributed by atoms with E-state index in [1.54, 1.807) is 16.7 Å². The Morgan fingerprint density at radius 1 is 1.22 bits per heavy atom. The maximum absolute atomic E-state index is 14.2. The maximum Gasteiger partial charge on any atom is 0.244 e. The van der Waals surface area contributed by atoms with Crippen LogP contribution in [0.2, 0.25) is 0 Å². The molecule has 1 aromatic carbocycles. The van der Waals surface area contributed by atoms with Crippen LogP contribution >= 0.6 is 27.7 Å². The number of benzene rings is 1. The number of hydrogen-bond donors (Lipinski definition) is 3. The predicted molar refractivity (Wildman–Crippen MR) is 147 cm³/mol. The normalized spacial score (nSPS) is 33.2. The van der Waals surface area contributed by atoms with Crippen molar-refractivity contribution in [2.24, 2.45) is 17.8 Å². The van der Waals surface area contributed by atoms with Crippen LogP contribution < -0.4 is 10.6 Å². The van der Waals surface area contributed by atoms with Gasteiger partial charge in [-0.05, 0) is 37.8 Å². The molecule has 0 radical (unpaired) electrons. The van der Waals surface area contributed by atoms with Gasteiger partial charge in [0.1, 0.15) is 6.04 Å². The molecule has 7 nitrogen and oxygen atoms in total. The number of fused-ring (bicyclic) bond motifs is 1. The van der Waals surface area contributed by atoms with E-state index in [1.807, 2.05) is 51.1 Å². The summed E-state index contributed by atoms with van der Waals surface area (Å²) in [6.07, 6.45) is 3.18. The van der Waals surface area contributed by atoms with Gasteiger partial charge in [-0.1, -0.05) is 67.7 Å². The van der Waals surface area contributed by atoms with E-state index in [-0.39, 0.29) is 46.4 Å². The zero-order valence-corrected chi connectivity index (χ0v) is 23.8. The lowest BCUT2D eigenvalue weighted by Crippen LogP contribution is -2.59. The first-order valence-electron chi connectivity index (χ1n) is 13.1. The summed E-state index contributed by atoms with van der Waals surface area (Å²) in [5.74, 6) is -1.71. The molecular formula is C27H38BrN3O4S. The van der Waals surface area contributed by atoms with Gasteiger partial charge in [0.15, 0.2) is 0 Å². The van der Waals surface area contributed by atoms with Crippen molar-refractivity contribution in [2.45, 2.75) is 86.3 Å². The maximum atomic E-state index is 14.2. The lowest BCUT2D eigenvalue weighted by Gasteiger charge is -2.39. The lowest BCUT2D eigenvalue weighted by molar-refractivity contribution is -0.143. The molecule has 1 aromatic rings. The van der Waals surface area contributed by atoms with Crippen molar-refractivity contribution >= 4 is 51.1 Å². The van der Waals surface area contributed by atoms with Crippen molar-refractivity contribution in [1.82, 2.24) is 10.2 Å². The number of anilines is 1. The van der Waals surface area contributed by atoms with E-state index in [9.17, 15) is 19.5 Å².